The summed E-state index contributed by atoms with van der Waals surface area (Å²) in [7, 11) is -1.99. The molecule has 0 unspecified atom stereocenters. The average molecular weight is 804 g/mol. The van der Waals surface area contributed by atoms with Gasteiger partial charge >= 0.3 is 7.87 Å². The number of rotatable bonds is 44. The van der Waals surface area contributed by atoms with Gasteiger partial charge in [0.2, 0.25) is 0 Å². The van der Waals surface area contributed by atoms with E-state index >= 15 is 0 Å². The fourth-order valence-electron chi connectivity index (χ4n) is 8.36. The highest BCUT2D eigenvalue weighted by atomic mass is 35.5. The average Bonchev–Trinajstić information content (AvgIpc) is 3.17. The first-order valence-corrected chi connectivity index (χ1v) is 26.6. The molecule has 0 aliphatic rings. The van der Waals surface area contributed by atoms with E-state index in [1.54, 1.807) is 0 Å². The summed E-state index contributed by atoms with van der Waals surface area (Å²) in [6.07, 6.45) is 44.0. The predicted molar refractivity (Wildman–Crippen MR) is 246 cm³/mol. The van der Waals surface area contributed by atoms with Crippen LogP contribution in [0.15, 0.2) is 0 Å². The van der Waals surface area contributed by atoms with Crippen molar-refractivity contribution in [1.29, 1.82) is 0 Å². The van der Waals surface area contributed by atoms with Crippen LogP contribution in [0.25, 0.3) is 0 Å². The topological polar surface area (TPSA) is 13.0 Å². The van der Waals surface area contributed by atoms with Crippen LogP contribution in [-0.4, -0.2) is 71.0 Å². The Morgan fingerprint density at radius 3 is 0.444 bits per heavy atom. The zero-order chi connectivity index (χ0) is 39.1. The van der Waals surface area contributed by atoms with Gasteiger partial charge in [0.25, 0.3) is 0 Å². The zero-order valence-corrected chi connectivity index (χ0v) is 40.5. The third kappa shape index (κ3) is 26.5. The molecule has 0 heterocycles. The van der Waals surface area contributed by atoms with Crippen LogP contribution in [-0.2, 0) is 0 Å². The summed E-state index contributed by atoms with van der Waals surface area (Å²) in [5.41, 5.74) is 0. The quantitative estimate of drug-likeness (QED) is 0.0449. The highest BCUT2D eigenvalue weighted by Crippen LogP contribution is 2.71. The van der Waals surface area contributed by atoms with E-state index in [-0.39, 0.29) is 12.4 Å². The van der Waals surface area contributed by atoms with Crippen LogP contribution >= 0.6 is 7.87 Å². The van der Waals surface area contributed by atoms with Crippen molar-refractivity contribution in [3.05, 3.63) is 0 Å². The van der Waals surface area contributed by atoms with Crippen LogP contribution in [0.2, 0.25) is 0 Å². The molecule has 0 N–H and O–H groups in total. The predicted octanol–water partition coefficient (Wildman–Crippen LogP) is 13.5. The molecule has 0 saturated carbocycles. The van der Waals surface area contributed by atoms with Crippen molar-refractivity contribution >= 4 is 7.87 Å². The van der Waals surface area contributed by atoms with Crippen molar-refractivity contribution in [3.8, 4) is 0 Å². The highest BCUT2D eigenvalue weighted by Gasteiger charge is 2.60. The molecule has 0 aliphatic heterocycles. The van der Waals surface area contributed by atoms with Gasteiger partial charge in [0.05, 0.1) is 0 Å². The Kier molecular flexibility index (Phi) is 45.3. The molecule has 6 heteroatoms. The van der Waals surface area contributed by atoms with Gasteiger partial charge in [0.15, 0.2) is 0 Å². The summed E-state index contributed by atoms with van der Waals surface area (Å²) in [4.78, 5) is 0. The van der Waals surface area contributed by atoms with E-state index in [0.717, 1.165) is 0 Å². The van der Waals surface area contributed by atoms with Crippen LogP contribution in [0.1, 0.15) is 261 Å². The highest BCUT2D eigenvalue weighted by molar-refractivity contribution is 7.66. The fourth-order valence-corrected chi connectivity index (χ4v) is 13.8. The summed E-state index contributed by atoms with van der Waals surface area (Å²) in [5, 5.41) is 0. The molecule has 0 radical (unpaired) electrons. The van der Waals surface area contributed by atoms with Crippen molar-refractivity contribution in [2.75, 3.05) is 52.4 Å². The van der Waals surface area contributed by atoms with Gasteiger partial charge in [-0.05, 0) is 51.4 Å². The zero-order valence-electron chi connectivity index (χ0n) is 38.9. The number of hydrogen-bond acceptors (Lipinski definition) is 4. The van der Waals surface area contributed by atoms with Gasteiger partial charge in [-0.2, -0.15) is 0 Å². The lowest BCUT2D eigenvalue weighted by Gasteiger charge is -2.52. The molecule has 0 aromatic rings. The lowest BCUT2D eigenvalue weighted by atomic mass is 10.2. The minimum absolute atomic E-state index is 0. The largest absolute Gasteiger partial charge is 1.00 e. The van der Waals surface area contributed by atoms with Crippen LogP contribution in [0.4, 0.5) is 0 Å². The first-order valence-electron chi connectivity index (χ1n) is 25.0. The molecule has 0 amide bonds. The Morgan fingerprint density at radius 2 is 0.333 bits per heavy atom. The molecule has 0 spiro atoms. The van der Waals surface area contributed by atoms with Crippen LogP contribution in [0.3, 0.4) is 0 Å². The van der Waals surface area contributed by atoms with Gasteiger partial charge in [-0.15, -0.1) is 18.7 Å². The lowest BCUT2D eigenvalue weighted by Crippen LogP contribution is -3.00. The molecule has 0 aliphatic carbocycles. The smallest absolute Gasteiger partial charge is 0.308 e. The van der Waals surface area contributed by atoms with Gasteiger partial charge in [0.1, 0.15) is 0 Å². The van der Waals surface area contributed by atoms with E-state index in [9.17, 15) is 0 Å². The molecule has 0 atom stereocenters. The van der Waals surface area contributed by atoms with Crippen molar-refractivity contribution in [2.45, 2.75) is 261 Å². The van der Waals surface area contributed by atoms with Crippen molar-refractivity contribution < 1.29 is 12.4 Å². The molecule has 4 nitrogen and oxygen atoms in total. The van der Waals surface area contributed by atoms with E-state index in [4.69, 9.17) is 0 Å². The second-order valence-electron chi connectivity index (χ2n) is 16.8. The van der Waals surface area contributed by atoms with Gasteiger partial charge in [-0.3, -0.25) is 0 Å². The summed E-state index contributed by atoms with van der Waals surface area (Å²) >= 11 is 0. The minimum Gasteiger partial charge on any atom is -1.00 e. The van der Waals surface area contributed by atoms with Crippen LogP contribution in [0.5, 0.6) is 0 Å². The first-order chi connectivity index (χ1) is 26.1. The standard InChI is InChI=1S/C48H104N4P.ClH/c1-9-17-25-33-41-49(42-34-26-18-10-2)53(50(43-35-27-19-11-3)44-36-28-20-12-4,51(45-37-29-21-13-5)46-38-30-22-14-6)52(47-39-31-23-15-7)48-40-32-24-16-8;/h9-48H2,1-8H3;1H/q+1;/p-1. The van der Waals surface area contributed by atoms with Crippen molar-refractivity contribution in [3.63, 3.8) is 0 Å². The SMILES string of the molecule is CCCCCCN(CCCCCC)[P+](N(CCCCCC)CCCCCC)(N(CCCCCC)CCCCCC)N(CCCCCC)CCCCCC.[Cl-]. The molecular weight excluding hydrogens is 699 g/mol. The second kappa shape index (κ2) is 43.1. The van der Waals surface area contributed by atoms with E-state index in [0.29, 0.717) is 0 Å². The Balaban J connectivity index is 0. The number of halogens is 1. The molecule has 0 fully saturated rings. The lowest BCUT2D eigenvalue weighted by molar-refractivity contribution is -0.0000124. The maximum atomic E-state index is 3.29. The Labute approximate surface area is 350 Å². The van der Waals surface area contributed by atoms with Crippen molar-refractivity contribution in [2.24, 2.45) is 0 Å². The van der Waals surface area contributed by atoms with Crippen molar-refractivity contribution in [1.82, 2.24) is 18.7 Å². The summed E-state index contributed by atoms with van der Waals surface area (Å²) in [6.45, 7) is 29.7. The Morgan fingerprint density at radius 1 is 0.204 bits per heavy atom. The van der Waals surface area contributed by atoms with Gasteiger partial charge in [-0.25, -0.2) is 0 Å². The van der Waals surface area contributed by atoms with Gasteiger partial charge in [0, 0.05) is 52.4 Å². The van der Waals surface area contributed by atoms with E-state index in [1.807, 2.05) is 0 Å². The van der Waals surface area contributed by atoms with E-state index in [2.05, 4.69) is 74.1 Å². The Hall–Kier alpha value is 0.560. The molecule has 0 bridgehead atoms. The molecule has 0 rings (SSSR count). The third-order valence-corrected chi connectivity index (χ3v) is 16.3. The maximum absolute atomic E-state index is 3.29. The number of unbranched alkanes of at least 4 members (excludes halogenated alkanes) is 24. The minimum atomic E-state index is -1.99. The molecule has 328 valence electrons. The van der Waals surface area contributed by atoms with Gasteiger partial charge in [-0.1, -0.05) is 209 Å². The van der Waals surface area contributed by atoms with E-state index in [1.165, 1.54) is 258 Å². The summed E-state index contributed by atoms with van der Waals surface area (Å²) in [6, 6.07) is 0. The molecule has 54 heavy (non-hydrogen) atoms. The molecule has 0 saturated heterocycles. The molecule has 0 aromatic heterocycles. The molecular formula is C48H104ClN4P. The van der Waals surface area contributed by atoms with E-state index < -0.39 is 7.87 Å². The maximum Gasteiger partial charge on any atom is 0.308 e. The summed E-state index contributed by atoms with van der Waals surface area (Å²) < 4.78 is 13.2. The molecule has 0 aromatic carbocycles. The third-order valence-electron chi connectivity index (χ3n) is 11.7. The summed E-state index contributed by atoms with van der Waals surface area (Å²) in [5.74, 6) is 0. The second-order valence-corrected chi connectivity index (χ2v) is 20.2. The first kappa shape index (κ1) is 56.7. The Bertz CT molecular complexity index is 547. The van der Waals surface area contributed by atoms with Crippen LogP contribution in [0, 0.1) is 0 Å². The number of nitrogens with zero attached hydrogens (tertiary/aromatic N) is 4. The fraction of sp³-hybridized carbons (Fsp3) is 1.00. The van der Waals surface area contributed by atoms with Crippen LogP contribution < -0.4 is 12.4 Å². The number of hydrogen-bond donors (Lipinski definition) is 0. The monoisotopic (exact) mass is 803 g/mol. The van der Waals surface area contributed by atoms with Gasteiger partial charge < -0.3 is 12.4 Å². The normalized spacial score (nSPS) is 12.2.